The molecule has 20 heavy (non-hydrogen) atoms. The molecule has 0 aromatic heterocycles. The highest BCUT2D eigenvalue weighted by Gasteiger charge is 2.43. The first-order chi connectivity index (χ1) is 9.87. The van der Waals surface area contributed by atoms with E-state index in [1.165, 1.54) is 57.9 Å². The van der Waals surface area contributed by atoms with E-state index in [0.29, 0.717) is 5.41 Å². The van der Waals surface area contributed by atoms with Crippen LogP contribution in [0.1, 0.15) is 63.0 Å². The molecule has 0 amide bonds. The van der Waals surface area contributed by atoms with Crippen LogP contribution in [0.3, 0.4) is 0 Å². The number of benzene rings is 1. The predicted molar refractivity (Wildman–Crippen MR) is 86.2 cm³/mol. The third kappa shape index (κ3) is 2.53. The van der Waals surface area contributed by atoms with Gasteiger partial charge in [-0.05, 0) is 62.1 Å². The zero-order valence-electron chi connectivity index (χ0n) is 13.0. The van der Waals surface area contributed by atoms with Crippen molar-refractivity contribution < 1.29 is 0 Å². The Kier molecular flexibility index (Phi) is 4.45. The molecule has 2 aliphatic carbocycles. The highest BCUT2D eigenvalue weighted by Crippen LogP contribution is 2.48. The van der Waals surface area contributed by atoms with Crippen LogP contribution in [0.5, 0.6) is 0 Å². The van der Waals surface area contributed by atoms with Crippen LogP contribution in [-0.4, -0.2) is 13.1 Å². The Morgan fingerprint density at radius 1 is 1.15 bits per heavy atom. The highest BCUT2D eigenvalue weighted by molar-refractivity contribution is 5.38. The van der Waals surface area contributed by atoms with Crippen molar-refractivity contribution in [3.05, 3.63) is 35.4 Å². The average Bonchev–Trinajstić information content (AvgIpc) is 3.02. The van der Waals surface area contributed by atoms with Crippen molar-refractivity contribution in [1.29, 1.82) is 0 Å². The molecule has 0 saturated heterocycles. The second kappa shape index (κ2) is 6.30. The molecule has 1 aromatic carbocycles. The molecule has 3 rings (SSSR count). The third-order valence-corrected chi connectivity index (χ3v) is 5.63. The lowest BCUT2D eigenvalue weighted by molar-refractivity contribution is 0.224. The zero-order chi connectivity index (χ0) is 13.8. The van der Waals surface area contributed by atoms with E-state index in [-0.39, 0.29) is 0 Å². The molecular weight excluding hydrogens is 242 g/mol. The Morgan fingerprint density at radius 3 is 2.75 bits per heavy atom. The minimum Gasteiger partial charge on any atom is -0.316 e. The van der Waals surface area contributed by atoms with E-state index in [0.717, 1.165) is 12.5 Å². The Balaban J connectivity index is 1.93. The van der Waals surface area contributed by atoms with Gasteiger partial charge in [-0.2, -0.15) is 0 Å². The Bertz CT molecular complexity index is 433. The smallest absolute Gasteiger partial charge is 0.0109 e. The van der Waals surface area contributed by atoms with Crippen LogP contribution in [0.25, 0.3) is 0 Å². The summed E-state index contributed by atoms with van der Waals surface area (Å²) in [6, 6.07) is 9.29. The van der Waals surface area contributed by atoms with Crippen molar-refractivity contribution in [1.82, 2.24) is 5.32 Å². The lowest BCUT2D eigenvalue weighted by atomic mass is 9.62. The van der Waals surface area contributed by atoms with Gasteiger partial charge in [-0.3, -0.25) is 0 Å². The Labute approximate surface area is 124 Å². The van der Waals surface area contributed by atoms with E-state index in [1.807, 2.05) is 0 Å². The van der Waals surface area contributed by atoms with Gasteiger partial charge >= 0.3 is 0 Å². The van der Waals surface area contributed by atoms with Gasteiger partial charge in [0.1, 0.15) is 0 Å². The molecule has 1 nitrogen and oxygen atoms in total. The molecule has 0 spiro atoms. The number of aryl methyl sites for hydroxylation is 1. The maximum absolute atomic E-state index is 3.76. The van der Waals surface area contributed by atoms with Gasteiger partial charge in [0.05, 0.1) is 0 Å². The molecule has 0 bridgehead atoms. The Morgan fingerprint density at radius 2 is 1.95 bits per heavy atom. The minimum atomic E-state index is 0.431. The molecule has 1 N–H and O–H groups in total. The summed E-state index contributed by atoms with van der Waals surface area (Å²) in [6.45, 7) is 4.63. The summed E-state index contributed by atoms with van der Waals surface area (Å²) in [4.78, 5) is 0. The molecular formula is C19H29N. The molecule has 1 fully saturated rings. The van der Waals surface area contributed by atoms with Gasteiger partial charge < -0.3 is 5.32 Å². The van der Waals surface area contributed by atoms with E-state index >= 15 is 0 Å². The molecule has 1 unspecified atom stereocenters. The fraction of sp³-hybridized carbons (Fsp3) is 0.684. The summed E-state index contributed by atoms with van der Waals surface area (Å²) in [7, 11) is 0. The summed E-state index contributed by atoms with van der Waals surface area (Å²) in [5.41, 5.74) is 3.74. The summed E-state index contributed by atoms with van der Waals surface area (Å²) in [5, 5.41) is 3.76. The zero-order valence-corrected chi connectivity index (χ0v) is 13.0. The van der Waals surface area contributed by atoms with Crippen molar-refractivity contribution in [2.24, 2.45) is 5.92 Å². The molecule has 1 atom stereocenters. The van der Waals surface area contributed by atoms with Crippen LogP contribution in [0, 0.1) is 5.92 Å². The molecule has 2 aliphatic rings. The van der Waals surface area contributed by atoms with Crippen LogP contribution in [-0.2, 0) is 11.8 Å². The van der Waals surface area contributed by atoms with Crippen LogP contribution >= 0.6 is 0 Å². The van der Waals surface area contributed by atoms with Gasteiger partial charge in [0.25, 0.3) is 0 Å². The molecule has 1 aromatic rings. The maximum atomic E-state index is 3.76. The highest BCUT2D eigenvalue weighted by atomic mass is 14.9. The van der Waals surface area contributed by atoms with Crippen LogP contribution in [0.2, 0.25) is 0 Å². The van der Waals surface area contributed by atoms with E-state index in [1.54, 1.807) is 11.1 Å². The van der Waals surface area contributed by atoms with Crippen molar-refractivity contribution in [3.8, 4) is 0 Å². The van der Waals surface area contributed by atoms with E-state index in [2.05, 4.69) is 36.5 Å². The molecule has 1 saturated carbocycles. The lowest BCUT2D eigenvalue weighted by Crippen LogP contribution is -2.46. The van der Waals surface area contributed by atoms with Gasteiger partial charge in [0.2, 0.25) is 0 Å². The summed E-state index contributed by atoms with van der Waals surface area (Å²) >= 11 is 0. The monoisotopic (exact) mass is 271 g/mol. The normalized spacial score (nSPS) is 26.6. The topological polar surface area (TPSA) is 12.0 Å². The standard InChI is InChI=1S/C19H29N/c1-2-14-20-15-19(17-10-4-5-11-17)13-7-9-16-8-3-6-12-18(16)19/h3,6,8,12,17,20H,2,4-5,7,9-11,13-15H2,1H3. The van der Waals surface area contributed by atoms with Gasteiger partial charge in [-0.1, -0.05) is 44.0 Å². The molecule has 0 aliphatic heterocycles. The first kappa shape index (κ1) is 14.1. The molecule has 0 heterocycles. The number of fused-ring (bicyclic) bond motifs is 1. The Hall–Kier alpha value is -0.820. The van der Waals surface area contributed by atoms with Gasteiger partial charge in [0, 0.05) is 12.0 Å². The fourth-order valence-corrected chi connectivity index (χ4v) is 4.67. The van der Waals surface area contributed by atoms with Crippen molar-refractivity contribution in [3.63, 3.8) is 0 Å². The van der Waals surface area contributed by atoms with Crippen molar-refractivity contribution in [2.75, 3.05) is 13.1 Å². The van der Waals surface area contributed by atoms with Gasteiger partial charge in [-0.15, -0.1) is 0 Å². The largest absolute Gasteiger partial charge is 0.316 e. The second-order valence-corrected chi connectivity index (χ2v) is 6.82. The third-order valence-electron chi connectivity index (χ3n) is 5.63. The average molecular weight is 271 g/mol. The molecule has 1 heteroatoms. The summed E-state index contributed by atoms with van der Waals surface area (Å²) in [5.74, 6) is 0.910. The van der Waals surface area contributed by atoms with Gasteiger partial charge in [-0.25, -0.2) is 0 Å². The van der Waals surface area contributed by atoms with Crippen LogP contribution < -0.4 is 5.32 Å². The first-order valence-electron chi connectivity index (χ1n) is 8.66. The van der Waals surface area contributed by atoms with Crippen LogP contribution in [0.15, 0.2) is 24.3 Å². The number of hydrogen-bond donors (Lipinski definition) is 1. The first-order valence-corrected chi connectivity index (χ1v) is 8.66. The molecule has 110 valence electrons. The van der Waals surface area contributed by atoms with Crippen molar-refractivity contribution in [2.45, 2.75) is 63.7 Å². The lowest BCUT2D eigenvalue weighted by Gasteiger charge is -2.44. The van der Waals surface area contributed by atoms with Gasteiger partial charge in [0.15, 0.2) is 0 Å². The van der Waals surface area contributed by atoms with Crippen molar-refractivity contribution >= 4 is 0 Å². The van der Waals surface area contributed by atoms with E-state index in [4.69, 9.17) is 0 Å². The summed E-state index contributed by atoms with van der Waals surface area (Å²) in [6.07, 6.45) is 11.1. The fourth-order valence-electron chi connectivity index (χ4n) is 4.67. The number of rotatable bonds is 5. The summed E-state index contributed by atoms with van der Waals surface area (Å²) < 4.78 is 0. The minimum absolute atomic E-state index is 0.431. The predicted octanol–water partition coefficient (Wildman–Crippen LogP) is 4.45. The molecule has 0 radical (unpaired) electrons. The SMILES string of the molecule is CCCNCC1(C2CCCC2)CCCc2ccccc21. The van der Waals surface area contributed by atoms with E-state index < -0.39 is 0 Å². The second-order valence-electron chi connectivity index (χ2n) is 6.82. The van der Waals surface area contributed by atoms with Crippen LogP contribution in [0.4, 0.5) is 0 Å². The maximum Gasteiger partial charge on any atom is 0.0109 e. The van der Waals surface area contributed by atoms with E-state index in [9.17, 15) is 0 Å². The quantitative estimate of drug-likeness (QED) is 0.780. The number of hydrogen-bond acceptors (Lipinski definition) is 1. The number of nitrogens with one attached hydrogen (secondary N) is 1.